The number of nitrogens with one attached hydrogen (secondary N) is 1. The second-order valence-corrected chi connectivity index (χ2v) is 7.10. The maximum atomic E-state index is 6.08. The lowest BCUT2D eigenvalue weighted by atomic mass is 9.97. The van der Waals surface area contributed by atoms with E-state index < -0.39 is 0 Å². The third kappa shape index (κ3) is 2.81. The maximum absolute atomic E-state index is 6.08. The summed E-state index contributed by atoms with van der Waals surface area (Å²) in [4.78, 5) is 1.49. The van der Waals surface area contributed by atoms with Crippen LogP contribution in [0.5, 0.6) is 0 Å². The first-order chi connectivity index (χ1) is 8.83. The average molecular weight is 282 g/mol. The van der Waals surface area contributed by atoms with Crippen LogP contribution >= 0.6 is 22.9 Å². The molecule has 1 aromatic rings. The van der Waals surface area contributed by atoms with Gasteiger partial charge in [0.05, 0.1) is 4.34 Å². The molecule has 0 aromatic carbocycles. The van der Waals surface area contributed by atoms with E-state index in [2.05, 4.69) is 17.5 Å². The van der Waals surface area contributed by atoms with Gasteiger partial charge in [-0.1, -0.05) is 23.3 Å². The molecule has 0 amide bonds. The van der Waals surface area contributed by atoms with Crippen LogP contribution in [0.2, 0.25) is 4.34 Å². The van der Waals surface area contributed by atoms with E-state index in [1.54, 1.807) is 16.9 Å². The first-order valence-corrected chi connectivity index (χ1v) is 8.22. The van der Waals surface area contributed by atoms with Gasteiger partial charge in [0.25, 0.3) is 0 Å². The smallest absolute Gasteiger partial charge is 0.0934 e. The van der Waals surface area contributed by atoms with Crippen LogP contribution in [0.1, 0.15) is 55.0 Å². The van der Waals surface area contributed by atoms with E-state index in [0.717, 1.165) is 10.9 Å². The van der Waals surface area contributed by atoms with Crippen LogP contribution < -0.4 is 5.32 Å². The molecule has 0 saturated carbocycles. The molecule has 3 heteroatoms. The zero-order valence-electron chi connectivity index (χ0n) is 10.7. The highest BCUT2D eigenvalue weighted by atomic mass is 35.5. The van der Waals surface area contributed by atoms with E-state index in [1.165, 1.54) is 55.4 Å². The molecule has 2 aliphatic carbocycles. The molecule has 1 atom stereocenters. The highest BCUT2D eigenvalue weighted by molar-refractivity contribution is 7.16. The van der Waals surface area contributed by atoms with Gasteiger partial charge in [-0.05, 0) is 63.1 Å². The topological polar surface area (TPSA) is 12.0 Å². The monoisotopic (exact) mass is 281 g/mol. The van der Waals surface area contributed by atoms with Gasteiger partial charge >= 0.3 is 0 Å². The third-order valence-corrected chi connectivity index (χ3v) is 5.41. The molecule has 18 heavy (non-hydrogen) atoms. The van der Waals surface area contributed by atoms with E-state index in [4.69, 9.17) is 11.6 Å². The number of rotatable bonds is 4. The van der Waals surface area contributed by atoms with Crippen LogP contribution in [0.15, 0.2) is 17.7 Å². The highest BCUT2D eigenvalue weighted by Gasteiger charge is 2.24. The van der Waals surface area contributed by atoms with Crippen molar-refractivity contribution in [1.29, 1.82) is 0 Å². The first-order valence-electron chi connectivity index (χ1n) is 7.02. The molecular weight excluding hydrogens is 262 g/mol. The number of fused-ring (bicyclic) bond motifs is 1. The Hall–Kier alpha value is -0.310. The van der Waals surface area contributed by atoms with Gasteiger partial charge in [0.2, 0.25) is 0 Å². The molecule has 0 bridgehead atoms. The minimum Gasteiger partial charge on any atom is -0.310 e. The lowest BCUT2D eigenvalue weighted by molar-refractivity contribution is 0.525. The summed E-state index contributed by atoms with van der Waals surface area (Å²) in [6.07, 6.45) is 11.5. The van der Waals surface area contributed by atoms with Crippen LogP contribution in [0.3, 0.4) is 0 Å². The molecule has 1 aromatic heterocycles. The Morgan fingerprint density at radius 2 is 2.28 bits per heavy atom. The van der Waals surface area contributed by atoms with Crippen LogP contribution in [0.25, 0.3) is 0 Å². The standard InChI is InChI=1S/C15H20ClNS/c16-15-10-12-13(6-7-14(12)18-15)17-9-8-11-4-2-1-3-5-11/h4,10,13,17H,1-3,5-9H2. The van der Waals surface area contributed by atoms with E-state index in [-0.39, 0.29) is 0 Å². The molecule has 0 aliphatic heterocycles. The van der Waals surface area contributed by atoms with Crippen molar-refractivity contribution < 1.29 is 0 Å². The second-order valence-electron chi connectivity index (χ2n) is 5.33. The van der Waals surface area contributed by atoms with Crippen molar-refractivity contribution in [3.05, 3.63) is 32.5 Å². The Labute approximate surface area is 118 Å². The molecule has 1 nitrogen and oxygen atoms in total. The van der Waals surface area contributed by atoms with Crippen molar-refractivity contribution in [2.75, 3.05) is 6.54 Å². The molecule has 0 spiro atoms. The van der Waals surface area contributed by atoms with E-state index in [0.29, 0.717) is 6.04 Å². The fraction of sp³-hybridized carbons (Fsp3) is 0.600. The quantitative estimate of drug-likeness (QED) is 0.777. The van der Waals surface area contributed by atoms with Crippen molar-refractivity contribution >= 4 is 22.9 Å². The Balaban J connectivity index is 1.51. The largest absolute Gasteiger partial charge is 0.310 e. The van der Waals surface area contributed by atoms with Gasteiger partial charge in [-0.3, -0.25) is 0 Å². The van der Waals surface area contributed by atoms with Crippen molar-refractivity contribution in [2.45, 2.75) is 51.0 Å². The normalized spacial score (nSPS) is 22.9. The van der Waals surface area contributed by atoms with Gasteiger partial charge in [0.15, 0.2) is 0 Å². The summed E-state index contributed by atoms with van der Waals surface area (Å²) in [6.45, 7) is 1.11. The number of aryl methyl sites for hydroxylation is 1. The number of halogens is 1. The van der Waals surface area contributed by atoms with Crippen molar-refractivity contribution in [3.63, 3.8) is 0 Å². The number of thiophene rings is 1. The summed E-state index contributed by atoms with van der Waals surface area (Å²) in [6, 6.07) is 2.71. The van der Waals surface area contributed by atoms with Crippen LogP contribution in [0.4, 0.5) is 0 Å². The minimum atomic E-state index is 0.549. The fourth-order valence-electron chi connectivity index (χ4n) is 3.08. The molecule has 3 rings (SSSR count). The summed E-state index contributed by atoms with van der Waals surface area (Å²) in [5, 5.41) is 3.71. The SMILES string of the molecule is Clc1cc2c(s1)CCC2NCCC1=CCCCC1. The van der Waals surface area contributed by atoms with Crippen molar-refractivity contribution in [2.24, 2.45) is 0 Å². The molecule has 0 fully saturated rings. The van der Waals surface area contributed by atoms with Gasteiger partial charge in [-0.15, -0.1) is 11.3 Å². The molecule has 98 valence electrons. The summed E-state index contributed by atoms with van der Waals surface area (Å²) in [5.74, 6) is 0. The predicted molar refractivity (Wildman–Crippen MR) is 79.6 cm³/mol. The molecule has 2 aliphatic rings. The zero-order valence-corrected chi connectivity index (χ0v) is 12.2. The Kier molecular flexibility index (Phi) is 4.07. The Bertz CT molecular complexity index is 449. The molecule has 0 saturated heterocycles. The summed E-state index contributed by atoms with van der Waals surface area (Å²) in [5.41, 5.74) is 3.12. The lowest BCUT2D eigenvalue weighted by Gasteiger charge is -2.16. The van der Waals surface area contributed by atoms with E-state index in [1.807, 2.05) is 0 Å². The number of hydrogen-bond acceptors (Lipinski definition) is 2. The van der Waals surface area contributed by atoms with Crippen LogP contribution in [0, 0.1) is 0 Å². The highest BCUT2D eigenvalue weighted by Crippen LogP contribution is 2.39. The summed E-state index contributed by atoms with van der Waals surface area (Å²) < 4.78 is 0.946. The summed E-state index contributed by atoms with van der Waals surface area (Å²) >= 11 is 7.84. The first kappa shape index (κ1) is 12.7. The zero-order chi connectivity index (χ0) is 12.4. The summed E-state index contributed by atoms with van der Waals surface area (Å²) in [7, 11) is 0. The van der Waals surface area contributed by atoms with Gasteiger partial charge in [0.1, 0.15) is 0 Å². The maximum Gasteiger partial charge on any atom is 0.0934 e. The van der Waals surface area contributed by atoms with Gasteiger partial charge in [0, 0.05) is 10.9 Å². The average Bonchev–Trinajstić information content (AvgIpc) is 2.91. The van der Waals surface area contributed by atoms with Gasteiger partial charge < -0.3 is 5.32 Å². The molecule has 0 radical (unpaired) electrons. The lowest BCUT2D eigenvalue weighted by Crippen LogP contribution is -2.20. The van der Waals surface area contributed by atoms with Crippen molar-refractivity contribution in [3.8, 4) is 0 Å². The number of allylic oxidation sites excluding steroid dienone is 1. The Morgan fingerprint density at radius 3 is 3.11 bits per heavy atom. The molecule has 1 N–H and O–H groups in total. The van der Waals surface area contributed by atoms with Crippen LogP contribution in [-0.2, 0) is 6.42 Å². The number of hydrogen-bond donors (Lipinski definition) is 1. The van der Waals surface area contributed by atoms with E-state index in [9.17, 15) is 0 Å². The molecule has 1 unspecified atom stereocenters. The molecular formula is C15H20ClNS. The minimum absolute atomic E-state index is 0.549. The Morgan fingerprint density at radius 1 is 1.33 bits per heavy atom. The second kappa shape index (κ2) is 5.77. The van der Waals surface area contributed by atoms with Gasteiger partial charge in [-0.25, -0.2) is 0 Å². The van der Waals surface area contributed by atoms with Gasteiger partial charge in [-0.2, -0.15) is 0 Å². The fourth-order valence-corrected chi connectivity index (χ4v) is 4.44. The predicted octanol–water partition coefficient (Wildman–Crippen LogP) is 4.87. The van der Waals surface area contributed by atoms with Crippen molar-refractivity contribution in [1.82, 2.24) is 5.32 Å². The third-order valence-electron chi connectivity index (χ3n) is 4.07. The van der Waals surface area contributed by atoms with Crippen LogP contribution in [-0.4, -0.2) is 6.54 Å². The molecule has 1 heterocycles. The van der Waals surface area contributed by atoms with E-state index >= 15 is 0 Å².